The molecular formula is C15H25NO. The molecule has 17 heavy (non-hydrogen) atoms. The average Bonchev–Trinajstić information content (AvgIpc) is 2.64. The van der Waals surface area contributed by atoms with Crippen LogP contribution in [0.4, 0.5) is 0 Å². The molecule has 0 radical (unpaired) electrons. The van der Waals surface area contributed by atoms with Crippen molar-refractivity contribution in [3.05, 3.63) is 23.7 Å². The van der Waals surface area contributed by atoms with Gasteiger partial charge in [0.05, 0.1) is 6.54 Å². The van der Waals surface area contributed by atoms with Gasteiger partial charge in [-0.3, -0.25) is 0 Å². The van der Waals surface area contributed by atoms with Crippen LogP contribution in [0.25, 0.3) is 0 Å². The van der Waals surface area contributed by atoms with Gasteiger partial charge >= 0.3 is 0 Å². The van der Waals surface area contributed by atoms with E-state index in [1.807, 2.05) is 0 Å². The van der Waals surface area contributed by atoms with Crippen LogP contribution in [-0.2, 0) is 13.0 Å². The fraction of sp³-hybridized carbons (Fsp3) is 0.733. The summed E-state index contributed by atoms with van der Waals surface area (Å²) in [6.45, 7) is 13.5. The molecule has 1 aromatic rings. The summed E-state index contributed by atoms with van der Waals surface area (Å²) in [7, 11) is 0. The molecule has 0 bridgehead atoms. The minimum Gasteiger partial charge on any atom is -0.465 e. The van der Waals surface area contributed by atoms with Crippen molar-refractivity contribution >= 4 is 0 Å². The molecule has 0 spiro atoms. The Morgan fingerprint density at radius 1 is 1.12 bits per heavy atom. The van der Waals surface area contributed by atoms with Crippen molar-refractivity contribution in [3.63, 3.8) is 0 Å². The summed E-state index contributed by atoms with van der Waals surface area (Å²) in [5.41, 5.74) is 0.940. The Kier molecular flexibility index (Phi) is 3.11. The minimum absolute atomic E-state index is 0.470. The molecular weight excluding hydrogens is 210 g/mol. The first kappa shape index (κ1) is 12.7. The predicted molar refractivity (Wildman–Crippen MR) is 70.8 cm³/mol. The van der Waals surface area contributed by atoms with Crippen LogP contribution >= 0.6 is 0 Å². The number of nitrogens with one attached hydrogen (secondary N) is 1. The lowest BCUT2D eigenvalue weighted by Gasteiger charge is -2.04. The highest BCUT2D eigenvalue weighted by molar-refractivity contribution is 5.13. The number of aryl methyl sites for hydroxylation is 1. The zero-order valence-corrected chi connectivity index (χ0v) is 11.8. The van der Waals surface area contributed by atoms with Gasteiger partial charge in [-0.05, 0) is 35.4 Å². The lowest BCUT2D eigenvalue weighted by molar-refractivity contribution is 0.438. The molecule has 2 rings (SSSR count). The van der Waals surface area contributed by atoms with Crippen molar-refractivity contribution in [2.45, 2.75) is 47.6 Å². The lowest BCUT2D eigenvalue weighted by Crippen LogP contribution is -2.18. The standard InChI is InChI=1S/C15H25NO/c1-6-11-7-8-12(17-11)9-16-10-13-14(2,3)15(13,4)5/h7-8,13,16H,6,9-10H2,1-5H3. The van der Waals surface area contributed by atoms with Crippen LogP contribution in [0.3, 0.4) is 0 Å². The van der Waals surface area contributed by atoms with E-state index in [9.17, 15) is 0 Å². The summed E-state index contributed by atoms with van der Waals surface area (Å²) in [4.78, 5) is 0. The van der Waals surface area contributed by atoms with Crippen molar-refractivity contribution in [1.82, 2.24) is 5.32 Å². The first-order valence-electron chi connectivity index (χ1n) is 6.68. The fourth-order valence-corrected chi connectivity index (χ4v) is 2.89. The average molecular weight is 235 g/mol. The highest BCUT2D eigenvalue weighted by atomic mass is 16.3. The number of rotatable bonds is 5. The van der Waals surface area contributed by atoms with Gasteiger partial charge in [-0.15, -0.1) is 0 Å². The first-order valence-corrected chi connectivity index (χ1v) is 6.68. The van der Waals surface area contributed by atoms with Gasteiger partial charge in [0, 0.05) is 6.42 Å². The molecule has 0 aromatic carbocycles. The lowest BCUT2D eigenvalue weighted by atomic mass is 10.0. The third-order valence-corrected chi connectivity index (χ3v) is 5.03. The van der Waals surface area contributed by atoms with Crippen LogP contribution in [-0.4, -0.2) is 6.54 Å². The molecule has 1 fully saturated rings. The van der Waals surface area contributed by atoms with E-state index in [2.05, 4.69) is 52.1 Å². The van der Waals surface area contributed by atoms with Gasteiger partial charge in [-0.2, -0.15) is 0 Å². The Morgan fingerprint density at radius 2 is 1.71 bits per heavy atom. The van der Waals surface area contributed by atoms with Crippen molar-refractivity contribution < 1.29 is 4.42 Å². The van der Waals surface area contributed by atoms with Crippen molar-refractivity contribution in [2.24, 2.45) is 16.7 Å². The molecule has 1 N–H and O–H groups in total. The molecule has 1 aliphatic carbocycles. The Hall–Kier alpha value is -0.760. The third kappa shape index (κ3) is 2.15. The van der Waals surface area contributed by atoms with E-state index in [1.165, 1.54) is 0 Å². The summed E-state index contributed by atoms with van der Waals surface area (Å²) < 4.78 is 5.68. The zero-order valence-electron chi connectivity index (χ0n) is 11.8. The Balaban J connectivity index is 1.78. The maximum atomic E-state index is 5.68. The van der Waals surface area contributed by atoms with Gasteiger partial charge in [-0.25, -0.2) is 0 Å². The predicted octanol–water partition coefficient (Wildman–Crippen LogP) is 3.61. The minimum atomic E-state index is 0.470. The molecule has 1 heterocycles. The molecule has 2 heteroatoms. The molecule has 0 amide bonds. The largest absolute Gasteiger partial charge is 0.465 e. The maximum Gasteiger partial charge on any atom is 0.117 e. The van der Waals surface area contributed by atoms with Gasteiger partial charge in [0.25, 0.3) is 0 Å². The molecule has 0 saturated heterocycles. The van der Waals surface area contributed by atoms with Crippen molar-refractivity contribution in [1.29, 1.82) is 0 Å². The van der Waals surface area contributed by atoms with Gasteiger partial charge < -0.3 is 9.73 Å². The molecule has 1 saturated carbocycles. The normalized spacial score (nSPS) is 21.7. The Labute approximate surface area is 105 Å². The van der Waals surface area contributed by atoms with Crippen LogP contribution in [0.5, 0.6) is 0 Å². The second kappa shape index (κ2) is 4.16. The van der Waals surface area contributed by atoms with Crippen molar-refractivity contribution in [3.8, 4) is 0 Å². The smallest absolute Gasteiger partial charge is 0.117 e. The monoisotopic (exact) mass is 235 g/mol. The van der Waals surface area contributed by atoms with E-state index in [1.54, 1.807) is 0 Å². The summed E-state index contributed by atoms with van der Waals surface area (Å²) in [6.07, 6.45) is 0.975. The van der Waals surface area contributed by atoms with Crippen LogP contribution in [0.2, 0.25) is 0 Å². The van der Waals surface area contributed by atoms with Gasteiger partial charge in [0.15, 0.2) is 0 Å². The fourth-order valence-electron chi connectivity index (χ4n) is 2.89. The van der Waals surface area contributed by atoms with E-state index in [4.69, 9.17) is 4.42 Å². The summed E-state index contributed by atoms with van der Waals surface area (Å²) in [5.74, 6) is 2.91. The third-order valence-electron chi connectivity index (χ3n) is 5.03. The maximum absolute atomic E-state index is 5.68. The van der Waals surface area contributed by atoms with Gasteiger partial charge in [0.1, 0.15) is 11.5 Å². The zero-order chi connectivity index (χ0) is 12.7. The molecule has 2 nitrogen and oxygen atoms in total. The van der Waals surface area contributed by atoms with E-state index < -0.39 is 0 Å². The molecule has 1 aliphatic rings. The van der Waals surface area contributed by atoms with Crippen LogP contribution in [0.1, 0.15) is 46.1 Å². The summed E-state index contributed by atoms with van der Waals surface area (Å²) in [6, 6.07) is 4.15. The van der Waals surface area contributed by atoms with Gasteiger partial charge in [0.2, 0.25) is 0 Å². The van der Waals surface area contributed by atoms with E-state index in [0.717, 1.165) is 36.9 Å². The van der Waals surface area contributed by atoms with Gasteiger partial charge in [-0.1, -0.05) is 34.6 Å². The number of hydrogen-bond acceptors (Lipinski definition) is 2. The molecule has 1 aromatic heterocycles. The quantitative estimate of drug-likeness (QED) is 0.843. The Morgan fingerprint density at radius 3 is 2.18 bits per heavy atom. The highest BCUT2D eigenvalue weighted by Crippen LogP contribution is 2.67. The van der Waals surface area contributed by atoms with Crippen molar-refractivity contribution in [2.75, 3.05) is 6.54 Å². The molecule has 0 aliphatic heterocycles. The van der Waals surface area contributed by atoms with Crippen LogP contribution in [0.15, 0.2) is 16.5 Å². The second-order valence-electron chi connectivity index (χ2n) is 6.35. The van der Waals surface area contributed by atoms with E-state index >= 15 is 0 Å². The SMILES string of the molecule is CCc1ccc(CNCC2C(C)(C)C2(C)C)o1. The second-order valence-corrected chi connectivity index (χ2v) is 6.35. The van der Waals surface area contributed by atoms with Crippen LogP contribution in [0, 0.1) is 16.7 Å². The first-order chi connectivity index (χ1) is 7.89. The topological polar surface area (TPSA) is 25.2 Å². The number of hydrogen-bond donors (Lipinski definition) is 1. The summed E-state index contributed by atoms with van der Waals surface area (Å²) >= 11 is 0. The molecule has 0 unspecified atom stereocenters. The van der Waals surface area contributed by atoms with E-state index in [0.29, 0.717) is 10.8 Å². The number of furan rings is 1. The molecule has 0 atom stereocenters. The van der Waals surface area contributed by atoms with E-state index in [-0.39, 0.29) is 0 Å². The summed E-state index contributed by atoms with van der Waals surface area (Å²) in [5, 5.41) is 3.52. The van der Waals surface area contributed by atoms with Crippen LogP contribution < -0.4 is 5.32 Å². The highest BCUT2D eigenvalue weighted by Gasteiger charge is 2.63. The Bertz CT molecular complexity index is 375. The molecule has 96 valence electrons.